The summed E-state index contributed by atoms with van der Waals surface area (Å²) in [7, 11) is 0. The molecule has 0 aliphatic carbocycles. The van der Waals surface area contributed by atoms with Gasteiger partial charge in [0.05, 0.1) is 10.0 Å². The predicted molar refractivity (Wildman–Crippen MR) is 72.8 cm³/mol. The van der Waals surface area contributed by atoms with Gasteiger partial charge in [-0.3, -0.25) is 4.79 Å². The molecule has 0 aliphatic heterocycles. The van der Waals surface area contributed by atoms with Crippen LogP contribution in [-0.4, -0.2) is 5.91 Å². The number of hydrogen-bond donors (Lipinski definition) is 2. The lowest BCUT2D eigenvalue weighted by Crippen LogP contribution is -2.14. The summed E-state index contributed by atoms with van der Waals surface area (Å²) in [5, 5.41) is 2.26. The maximum atomic E-state index is 13.0. The van der Waals surface area contributed by atoms with Crippen LogP contribution in [-0.2, 0) is 0 Å². The van der Waals surface area contributed by atoms with Gasteiger partial charge in [-0.1, -0.05) is 6.07 Å². The van der Waals surface area contributed by atoms with Crippen molar-refractivity contribution in [3.8, 4) is 0 Å². The predicted octanol–water partition coefficient (Wildman–Crippen LogP) is 3.70. The molecule has 0 atom stereocenters. The number of nitrogens with one attached hydrogen (secondary N) is 1. The number of carbonyl (C=O) groups is 1. The van der Waals surface area contributed by atoms with Gasteiger partial charge in [0, 0.05) is 23.5 Å². The number of benzene rings is 2. The fraction of sp³-hybridized carbons (Fsp3) is 0. The van der Waals surface area contributed by atoms with E-state index in [-0.39, 0.29) is 11.3 Å². The molecule has 0 heterocycles. The number of nitrogens with two attached hydrogens (primary N) is 1. The van der Waals surface area contributed by atoms with Crippen molar-refractivity contribution in [3.05, 3.63) is 57.8 Å². The first kappa shape index (κ1) is 14.4. The Hall–Kier alpha value is -2.02. The Labute approximate surface area is 120 Å². The van der Waals surface area contributed by atoms with Crippen LogP contribution >= 0.6 is 15.9 Å². The third-order valence-electron chi connectivity index (χ3n) is 2.51. The molecule has 0 saturated carbocycles. The molecule has 0 unspecified atom stereocenters. The number of carbonyl (C=O) groups excluding carboxylic acids is 1. The summed E-state index contributed by atoms with van der Waals surface area (Å²) in [6, 6.07) is 6.00. The fourth-order valence-electron chi connectivity index (χ4n) is 1.55. The topological polar surface area (TPSA) is 55.1 Å². The maximum absolute atomic E-state index is 13.0. The minimum Gasteiger partial charge on any atom is -0.398 e. The molecule has 104 valence electrons. The summed E-state index contributed by atoms with van der Waals surface area (Å²) in [4.78, 5) is 12.0. The van der Waals surface area contributed by atoms with Crippen LogP contribution in [0.25, 0.3) is 0 Å². The molecule has 2 aromatic carbocycles. The van der Waals surface area contributed by atoms with Crippen LogP contribution in [0.3, 0.4) is 0 Å². The highest BCUT2D eigenvalue weighted by Crippen LogP contribution is 2.25. The second-order valence-corrected chi connectivity index (χ2v) is 4.71. The lowest BCUT2D eigenvalue weighted by molar-refractivity contribution is 0.102. The first-order chi connectivity index (χ1) is 9.40. The number of halogens is 4. The number of rotatable bonds is 2. The van der Waals surface area contributed by atoms with Gasteiger partial charge in [-0.2, -0.15) is 0 Å². The third kappa shape index (κ3) is 2.77. The number of hydrogen-bond acceptors (Lipinski definition) is 2. The van der Waals surface area contributed by atoms with Crippen molar-refractivity contribution < 1.29 is 18.0 Å². The summed E-state index contributed by atoms with van der Waals surface area (Å²) < 4.78 is 39.2. The van der Waals surface area contributed by atoms with Crippen LogP contribution in [0.5, 0.6) is 0 Å². The molecule has 0 spiro atoms. The lowest BCUT2D eigenvalue weighted by atomic mass is 10.2. The fourth-order valence-corrected chi connectivity index (χ4v) is 2.00. The normalized spacial score (nSPS) is 10.4. The Morgan fingerprint density at radius 1 is 1.15 bits per heavy atom. The summed E-state index contributed by atoms with van der Waals surface area (Å²) >= 11 is 3.14. The van der Waals surface area contributed by atoms with Crippen LogP contribution in [0, 0.1) is 17.5 Å². The molecule has 2 aromatic rings. The van der Waals surface area contributed by atoms with E-state index in [9.17, 15) is 18.0 Å². The van der Waals surface area contributed by atoms with Gasteiger partial charge in [0.1, 0.15) is 0 Å². The average molecular weight is 345 g/mol. The molecule has 7 heteroatoms. The van der Waals surface area contributed by atoms with Gasteiger partial charge in [-0.15, -0.1) is 0 Å². The van der Waals surface area contributed by atoms with Gasteiger partial charge in [-0.25, -0.2) is 13.2 Å². The van der Waals surface area contributed by atoms with Crippen molar-refractivity contribution in [2.24, 2.45) is 0 Å². The Morgan fingerprint density at radius 3 is 2.35 bits per heavy atom. The monoisotopic (exact) mass is 344 g/mol. The smallest absolute Gasteiger partial charge is 0.256 e. The second kappa shape index (κ2) is 5.54. The van der Waals surface area contributed by atoms with Gasteiger partial charge < -0.3 is 11.1 Å². The first-order valence-electron chi connectivity index (χ1n) is 5.40. The molecule has 2 rings (SSSR count). The van der Waals surface area contributed by atoms with Gasteiger partial charge in [-0.05, 0) is 28.1 Å². The minimum absolute atomic E-state index is 0.190. The molecule has 0 aliphatic rings. The molecular weight excluding hydrogens is 337 g/mol. The largest absolute Gasteiger partial charge is 0.398 e. The van der Waals surface area contributed by atoms with Crippen molar-refractivity contribution in [1.29, 1.82) is 0 Å². The summed E-state index contributed by atoms with van der Waals surface area (Å²) in [6.07, 6.45) is 0. The third-order valence-corrected chi connectivity index (χ3v) is 3.40. The molecule has 0 fully saturated rings. The van der Waals surface area contributed by atoms with E-state index in [1.54, 1.807) is 12.1 Å². The van der Waals surface area contributed by atoms with Crippen LogP contribution in [0.2, 0.25) is 0 Å². The van der Waals surface area contributed by atoms with E-state index in [2.05, 4.69) is 21.2 Å². The number of nitrogen functional groups attached to an aromatic ring is 1. The highest BCUT2D eigenvalue weighted by atomic mass is 79.9. The molecule has 3 nitrogen and oxygen atoms in total. The van der Waals surface area contributed by atoms with Crippen molar-refractivity contribution in [2.75, 3.05) is 11.1 Å². The van der Waals surface area contributed by atoms with E-state index in [1.807, 2.05) is 0 Å². The van der Waals surface area contributed by atoms with Crippen LogP contribution < -0.4 is 11.1 Å². The van der Waals surface area contributed by atoms with Gasteiger partial charge in [0.15, 0.2) is 17.5 Å². The van der Waals surface area contributed by atoms with Gasteiger partial charge >= 0.3 is 0 Å². The molecule has 20 heavy (non-hydrogen) atoms. The van der Waals surface area contributed by atoms with Gasteiger partial charge in [0.2, 0.25) is 0 Å². The van der Waals surface area contributed by atoms with Gasteiger partial charge in [0.25, 0.3) is 5.91 Å². The Kier molecular flexibility index (Phi) is 3.99. The van der Waals surface area contributed by atoms with E-state index in [0.717, 1.165) is 0 Å². The van der Waals surface area contributed by atoms with Crippen molar-refractivity contribution in [1.82, 2.24) is 0 Å². The molecule has 1 amide bonds. The average Bonchev–Trinajstić information content (AvgIpc) is 2.39. The first-order valence-corrected chi connectivity index (χ1v) is 6.19. The summed E-state index contributed by atoms with van der Waals surface area (Å²) in [5.41, 5.74) is 5.96. The highest BCUT2D eigenvalue weighted by Gasteiger charge is 2.15. The summed E-state index contributed by atoms with van der Waals surface area (Å²) in [5.74, 6) is -4.98. The maximum Gasteiger partial charge on any atom is 0.256 e. The van der Waals surface area contributed by atoms with E-state index < -0.39 is 23.4 Å². The number of amides is 1. The quantitative estimate of drug-likeness (QED) is 0.644. The minimum atomic E-state index is -1.59. The summed E-state index contributed by atoms with van der Waals surface area (Å²) in [6.45, 7) is 0. The van der Waals surface area contributed by atoms with Crippen LogP contribution in [0.4, 0.5) is 24.5 Å². The molecule has 0 bridgehead atoms. The Bertz CT molecular complexity index is 668. The second-order valence-electron chi connectivity index (χ2n) is 3.92. The van der Waals surface area contributed by atoms with Crippen molar-refractivity contribution in [3.63, 3.8) is 0 Å². The Morgan fingerprint density at radius 2 is 1.75 bits per heavy atom. The molecule has 0 saturated heterocycles. The molecule has 0 aromatic heterocycles. The zero-order valence-corrected chi connectivity index (χ0v) is 11.5. The van der Waals surface area contributed by atoms with E-state index >= 15 is 0 Å². The zero-order chi connectivity index (χ0) is 14.9. The Balaban J connectivity index is 2.30. The van der Waals surface area contributed by atoms with Crippen molar-refractivity contribution >= 4 is 33.2 Å². The lowest BCUT2D eigenvalue weighted by Gasteiger charge is -2.09. The van der Waals surface area contributed by atoms with Crippen molar-refractivity contribution in [2.45, 2.75) is 0 Å². The van der Waals surface area contributed by atoms with Crippen LogP contribution in [0.15, 0.2) is 34.8 Å². The molecule has 0 radical (unpaired) electrons. The SMILES string of the molecule is Nc1cccc(C(=O)Nc2cc(F)c(F)c(F)c2)c1Br. The van der Waals surface area contributed by atoms with E-state index in [4.69, 9.17) is 5.73 Å². The molecular formula is C13H8BrF3N2O. The van der Waals surface area contributed by atoms with E-state index in [1.165, 1.54) is 6.07 Å². The molecule has 3 N–H and O–H groups in total. The standard InChI is InChI=1S/C13H8BrF3N2O/c14-11-7(2-1-3-10(11)18)13(20)19-6-4-8(15)12(17)9(16)5-6/h1-5H,18H2,(H,19,20). The van der Waals surface area contributed by atoms with E-state index in [0.29, 0.717) is 22.3 Å². The highest BCUT2D eigenvalue weighted by molar-refractivity contribution is 9.10. The van der Waals surface area contributed by atoms with Crippen LogP contribution in [0.1, 0.15) is 10.4 Å². The zero-order valence-electron chi connectivity index (χ0n) is 9.88. The number of anilines is 2.